The molecule has 1 heteroatoms. The van der Waals surface area contributed by atoms with Crippen molar-refractivity contribution < 1.29 is 0 Å². The topological polar surface area (TPSA) is 0 Å². The quantitative estimate of drug-likeness (QED) is 0.241. The van der Waals surface area contributed by atoms with E-state index in [4.69, 9.17) is 0 Å². The molecule has 0 N–H and O–H groups in total. The Morgan fingerprint density at radius 3 is 1.41 bits per heavy atom. The standard InChI is InChI=1S/C26H30P/c1-2-3-4-5-6-16-23-27(24-17-10-7-11-18-24,25-19-12-8-13-20-25)26-21-14-9-15-22-26/h4-5,7-15,17-22H,2-3,6,16,23H2,1H3/q+1/b5-4-. The molecule has 0 heterocycles. The Morgan fingerprint density at radius 2 is 1.00 bits per heavy atom. The van der Waals surface area contributed by atoms with Gasteiger partial charge in [0.2, 0.25) is 0 Å². The van der Waals surface area contributed by atoms with Crippen molar-refractivity contribution in [1.82, 2.24) is 0 Å². The van der Waals surface area contributed by atoms with Crippen LogP contribution in [0.5, 0.6) is 0 Å². The first-order chi connectivity index (χ1) is 13.4. The van der Waals surface area contributed by atoms with Crippen LogP contribution in [-0.2, 0) is 0 Å². The number of unbranched alkanes of at least 4 members (excludes halogenated alkanes) is 2. The third-order valence-corrected chi connectivity index (χ3v) is 9.60. The number of hydrogen-bond donors (Lipinski definition) is 0. The Hall–Kier alpha value is -2.17. The zero-order valence-electron chi connectivity index (χ0n) is 16.3. The van der Waals surface area contributed by atoms with Crippen LogP contribution in [0.15, 0.2) is 103 Å². The molecule has 0 aromatic heterocycles. The van der Waals surface area contributed by atoms with Crippen LogP contribution in [0, 0.1) is 0 Å². The van der Waals surface area contributed by atoms with Gasteiger partial charge in [-0.15, -0.1) is 0 Å². The summed E-state index contributed by atoms with van der Waals surface area (Å²) >= 11 is 0. The molecule has 0 fully saturated rings. The van der Waals surface area contributed by atoms with E-state index in [0.717, 1.165) is 6.42 Å². The largest absolute Gasteiger partial charge is 0.112 e. The molecule has 0 spiro atoms. The smallest absolute Gasteiger partial charge is 0.0885 e. The molecule has 0 bridgehead atoms. The van der Waals surface area contributed by atoms with Gasteiger partial charge in [0.25, 0.3) is 0 Å². The van der Waals surface area contributed by atoms with Gasteiger partial charge in [0.05, 0.1) is 6.16 Å². The van der Waals surface area contributed by atoms with E-state index in [2.05, 4.69) is 110 Å². The van der Waals surface area contributed by atoms with Gasteiger partial charge in [0.15, 0.2) is 0 Å². The third kappa shape index (κ3) is 4.76. The lowest BCUT2D eigenvalue weighted by molar-refractivity contribution is 0.924. The minimum absolute atomic E-state index is 1.16. The summed E-state index contributed by atoms with van der Waals surface area (Å²) in [6.07, 6.45) is 10.7. The Kier molecular flexibility index (Phi) is 7.43. The summed E-state index contributed by atoms with van der Waals surface area (Å²) in [5, 5.41) is 4.46. The van der Waals surface area contributed by atoms with Crippen molar-refractivity contribution in [3.05, 3.63) is 103 Å². The maximum Gasteiger partial charge on any atom is 0.112 e. The Bertz CT molecular complexity index is 710. The molecule has 3 rings (SSSR count). The molecule has 0 atom stereocenters. The van der Waals surface area contributed by atoms with Crippen LogP contribution in [0.4, 0.5) is 0 Å². The van der Waals surface area contributed by atoms with Crippen molar-refractivity contribution in [2.45, 2.75) is 32.6 Å². The zero-order chi connectivity index (χ0) is 18.8. The minimum Gasteiger partial charge on any atom is -0.0885 e. The van der Waals surface area contributed by atoms with Crippen molar-refractivity contribution in [3.63, 3.8) is 0 Å². The SMILES string of the molecule is CCC/C=C\CCC[P+](c1ccccc1)(c1ccccc1)c1ccccc1. The number of benzene rings is 3. The molecular formula is C26H30P+. The van der Waals surface area contributed by atoms with Crippen LogP contribution in [0.1, 0.15) is 32.6 Å². The molecule has 0 nitrogen and oxygen atoms in total. The van der Waals surface area contributed by atoms with Crippen molar-refractivity contribution in [3.8, 4) is 0 Å². The molecule has 0 aliphatic carbocycles. The van der Waals surface area contributed by atoms with E-state index >= 15 is 0 Å². The summed E-state index contributed by atoms with van der Waals surface area (Å²) in [5.74, 6) is 0. The second kappa shape index (κ2) is 10.2. The van der Waals surface area contributed by atoms with Crippen LogP contribution in [0.3, 0.4) is 0 Å². The van der Waals surface area contributed by atoms with E-state index < -0.39 is 7.26 Å². The molecule has 0 amide bonds. The monoisotopic (exact) mass is 373 g/mol. The highest BCUT2D eigenvalue weighted by atomic mass is 31.2. The summed E-state index contributed by atoms with van der Waals surface area (Å²) < 4.78 is 0. The normalized spacial score (nSPS) is 11.7. The van der Waals surface area contributed by atoms with Gasteiger partial charge in [0.1, 0.15) is 23.2 Å². The van der Waals surface area contributed by atoms with E-state index in [1.165, 1.54) is 41.3 Å². The maximum absolute atomic E-state index is 2.37. The fourth-order valence-corrected chi connectivity index (χ4v) is 8.10. The van der Waals surface area contributed by atoms with E-state index in [9.17, 15) is 0 Å². The zero-order valence-corrected chi connectivity index (χ0v) is 17.2. The van der Waals surface area contributed by atoms with Crippen molar-refractivity contribution in [2.75, 3.05) is 6.16 Å². The van der Waals surface area contributed by atoms with Gasteiger partial charge < -0.3 is 0 Å². The Labute approximate surface area is 165 Å². The average molecular weight is 374 g/mol. The van der Waals surface area contributed by atoms with Crippen LogP contribution in [0.25, 0.3) is 0 Å². The highest BCUT2D eigenvalue weighted by Gasteiger charge is 2.44. The predicted molar refractivity (Wildman–Crippen MR) is 123 cm³/mol. The predicted octanol–water partition coefficient (Wildman–Crippen LogP) is 6.12. The lowest BCUT2D eigenvalue weighted by Crippen LogP contribution is -2.33. The molecule has 0 aliphatic heterocycles. The summed E-state index contributed by atoms with van der Waals surface area (Å²) in [5.41, 5.74) is 0. The van der Waals surface area contributed by atoms with Crippen molar-refractivity contribution >= 4 is 23.2 Å². The number of hydrogen-bond acceptors (Lipinski definition) is 0. The average Bonchev–Trinajstić information content (AvgIpc) is 2.75. The van der Waals surface area contributed by atoms with Gasteiger partial charge in [-0.05, 0) is 55.7 Å². The minimum atomic E-state index is -1.64. The number of allylic oxidation sites excluding steroid dienone is 2. The fourth-order valence-electron chi connectivity index (χ4n) is 3.73. The van der Waals surface area contributed by atoms with Gasteiger partial charge >= 0.3 is 0 Å². The highest BCUT2D eigenvalue weighted by Crippen LogP contribution is 2.55. The van der Waals surface area contributed by atoms with E-state index in [0.29, 0.717) is 0 Å². The maximum atomic E-state index is 2.37. The molecular weight excluding hydrogens is 343 g/mol. The molecule has 3 aromatic rings. The third-order valence-electron chi connectivity index (χ3n) is 5.08. The second-order valence-electron chi connectivity index (χ2n) is 6.94. The first kappa shape index (κ1) is 19.6. The van der Waals surface area contributed by atoms with E-state index in [-0.39, 0.29) is 0 Å². The van der Waals surface area contributed by atoms with E-state index in [1.807, 2.05) is 0 Å². The van der Waals surface area contributed by atoms with Crippen LogP contribution in [0.2, 0.25) is 0 Å². The van der Waals surface area contributed by atoms with Gasteiger partial charge in [-0.2, -0.15) is 0 Å². The summed E-state index contributed by atoms with van der Waals surface area (Å²) in [6.45, 7) is 2.24. The van der Waals surface area contributed by atoms with Gasteiger partial charge in [-0.3, -0.25) is 0 Å². The Balaban J connectivity index is 2.03. The van der Waals surface area contributed by atoms with Gasteiger partial charge in [-0.25, -0.2) is 0 Å². The molecule has 0 unspecified atom stereocenters. The van der Waals surface area contributed by atoms with Crippen LogP contribution < -0.4 is 15.9 Å². The molecule has 27 heavy (non-hydrogen) atoms. The van der Waals surface area contributed by atoms with E-state index in [1.54, 1.807) is 0 Å². The number of rotatable bonds is 9. The molecule has 0 radical (unpaired) electrons. The second-order valence-corrected chi connectivity index (χ2v) is 10.6. The van der Waals surface area contributed by atoms with Crippen molar-refractivity contribution in [1.29, 1.82) is 0 Å². The lowest BCUT2D eigenvalue weighted by Gasteiger charge is -2.27. The molecule has 138 valence electrons. The van der Waals surface area contributed by atoms with Crippen molar-refractivity contribution in [2.24, 2.45) is 0 Å². The molecule has 0 aliphatic rings. The fraction of sp³-hybridized carbons (Fsp3) is 0.231. The first-order valence-corrected chi connectivity index (χ1v) is 12.1. The van der Waals surface area contributed by atoms with Gasteiger partial charge in [-0.1, -0.05) is 80.1 Å². The lowest BCUT2D eigenvalue weighted by atomic mass is 10.2. The molecule has 0 saturated heterocycles. The highest BCUT2D eigenvalue weighted by molar-refractivity contribution is 7.95. The summed E-state index contributed by atoms with van der Waals surface area (Å²) in [6, 6.07) is 33.5. The van der Waals surface area contributed by atoms with Gasteiger partial charge in [0, 0.05) is 0 Å². The summed E-state index contributed by atoms with van der Waals surface area (Å²) in [4.78, 5) is 0. The van der Waals surface area contributed by atoms with Crippen LogP contribution >= 0.6 is 7.26 Å². The summed E-state index contributed by atoms with van der Waals surface area (Å²) in [7, 11) is -1.64. The first-order valence-electron chi connectivity index (χ1n) is 10.1. The molecule has 0 saturated carbocycles. The Morgan fingerprint density at radius 1 is 0.593 bits per heavy atom. The molecule has 3 aromatic carbocycles. The van der Waals surface area contributed by atoms with Crippen LogP contribution in [-0.4, -0.2) is 6.16 Å².